The van der Waals surface area contributed by atoms with Crippen LogP contribution < -0.4 is 0 Å². The van der Waals surface area contributed by atoms with E-state index in [4.69, 9.17) is 9.26 Å². The van der Waals surface area contributed by atoms with Gasteiger partial charge in [0.15, 0.2) is 0 Å². The van der Waals surface area contributed by atoms with Crippen LogP contribution in [0.25, 0.3) is 22.2 Å². The fourth-order valence-electron chi connectivity index (χ4n) is 4.27. The summed E-state index contributed by atoms with van der Waals surface area (Å²) in [5, 5.41) is 5.06. The second-order valence-electron chi connectivity index (χ2n) is 8.07. The van der Waals surface area contributed by atoms with Gasteiger partial charge in [-0.25, -0.2) is 13.8 Å². The van der Waals surface area contributed by atoms with Crippen LogP contribution in [0, 0.1) is 19.8 Å². The van der Waals surface area contributed by atoms with Crippen molar-refractivity contribution in [3.8, 4) is 11.1 Å². The monoisotopic (exact) mass is 403 g/mol. The van der Waals surface area contributed by atoms with Crippen molar-refractivity contribution in [3.05, 3.63) is 35.0 Å². The fourth-order valence-corrected chi connectivity index (χ4v) is 4.27. The zero-order chi connectivity index (χ0) is 20.6. The number of hydrogen-bond acceptors (Lipinski definition) is 4. The third-order valence-corrected chi connectivity index (χ3v) is 5.96. The number of H-pyrrole nitrogens is 1. The molecule has 0 radical (unpaired) electrons. The summed E-state index contributed by atoms with van der Waals surface area (Å²) in [6.07, 6.45) is 3.67. The molecule has 5 nitrogen and oxygen atoms in total. The third-order valence-electron chi connectivity index (χ3n) is 5.96. The number of fused-ring (bicyclic) bond motifs is 1. The van der Waals surface area contributed by atoms with Gasteiger partial charge >= 0.3 is 0 Å². The first-order chi connectivity index (χ1) is 13.9. The van der Waals surface area contributed by atoms with E-state index >= 15 is 0 Å². The molecule has 0 aliphatic heterocycles. The van der Waals surface area contributed by atoms with E-state index in [1.807, 2.05) is 20.0 Å². The molecule has 0 bridgehead atoms. The molecule has 1 aliphatic rings. The van der Waals surface area contributed by atoms with E-state index in [1.165, 1.54) is 0 Å². The van der Waals surface area contributed by atoms with Crippen LogP contribution in [0.1, 0.15) is 55.3 Å². The smallest absolute Gasteiger partial charge is 0.248 e. The van der Waals surface area contributed by atoms with Gasteiger partial charge in [0.1, 0.15) is 11.4 Å². The number of halogens is 2. The first kappa shape index (κ1) is 20.0. The predicted octanol–water partition coefficient (Wildman–Crippen LogP) is 5.74. The van der Waals surface area contributed by atoms with E-state index in [-0.39, 0.29) is 18.8 Å². The molecule has 0 aromatic carbocycles. The highest BCUT2D eigenvalue weighted by Crippen LogP contribution is 2.36. The van der Waals surface area contributed by atoms with Crippen molar-refractivity contribution in [2.45, 2.75) is 65.4 Å². The molecule has 1 saturated carbocycles. The standard InChI is InChI=1S/C22H27F2N3O2/c1-4-19-18(12-28-11-15-5-7-22(23,24)8-6-15)17-9-16(10-25-21(17)26-19)20-13(2)27-29-14(20)3/h9-10,15H,4-8,11-12H2,1-3H3,(H,25,26). The van der Waals surface area contributed by atoms with E-state index in [1.54, 1.807) is 0 Å². The Morgan fingerprint density at radius 1 is 1.28 bits per heavy atom. The highest BCUT2D eigenvalue weighted by atomic mass is 19.3. The fraction of sp³-hybridized carbons (Fsp3) is 0.545. The molecule has 29 heavy (non-hydrogen) atoms. The van der Waals surface area contributed by atoms with Gasteiger partial charge in [0.05, 0.1) is 12.3 Å². The number of ether oxygens (including phenoxy) is 1. The summed E-state index contributed by atoms with van der Waals surface area (Å²) < 4.78 is 38.0. The number of alkyl halides is 2. The molecule has 0 spiro atoms. The zero-order valence-corrected chi connectivity index (χ0v) is 17.1. The lowest BCUT2D eigenvalue weighted by Gasteiger charge is -2.28. The van der Waals surface area contributed by atoms with E-state index < -0.39 is 5.92 Å². The summed E-state index contributed by atoms with van der Waals surface area (Å²) in [6, 6.07) is 2.10. The lowest BCUT2D eigenvalue weighted by atomic mass is 9.87. The average Bonchev–Trinajstić information content (AvgIpc) is 3.22. The Morgan fingerprint density at radius 2 is 2.03 bits per heavy atom. The molecule has 1 fully saturated rings. The second-order valence-corrected chi connectivity index (χ2v) is 8.07. The second kappa shape index (κ2) is 7.86. The molecular formula is C22H27F2N3O2. The first-order valence-electron chi connectivity index (χ1n) is 10.3. The molecule has 0 unspecified atom stereocenters. The first-order valence-corrected chi connectivity index (χ1v) is 10.3. The molecule has 3 aromatic heterocycles. The van der Waals surface area contributed by atoms with Crippen LogP contribution >= 0.6 is 0 Å². The van der Waals surface area contributed by atoms with Gasteiger partial charge in [-0.1, -0.05) is 12.1 Å². The van der Waals surface area contributed by atoms with Crippen molar-refractivity contribution in [1.29, 1.82) is 0 Å². The number of nitrogens with zero attached hydrogens (tertiary/aromatic N) is 2. The predicted molar refractivity (Wildman–Crippen MR) is 107 cm³/mol. The molecule has 1 N–H and O–H groups in total. The Hall–Kier alpha value is -2.28. The molecule has 7 heteroatoms. The summed E-state index contributed by atoms with van der Waals surface area (Å²) in [5.41, 5.74) is 5.78. The molecule has 0 amide bonds. The number of aromatic nitrogens is 3. The normalized spacial score (nSPS) is 17.3. The number of pyridine rings is 1. The van der Waals surface area contributed by atoms with Crippen molar-refractivity contribution >= 4 is 11.0 Å². The molecule has 1 aliphatic carbocycles. The van der Waals surface area contributed by atoms with E-state index in [0.29, 0.717) is 26.1 Å². The number of nitrogens with one attached hydrogen (secondary N) is 1. The van der Waals surface area contributed by atoms with Gasteiger partial charge in [0.25, 0.3) is 0 Å². The van der Waals surface area contributed by atoms with Crippen LogP contribution in [-0.2, 0) is 17.8 Å². The van der Waals surface area contributed by atoms with Crippen LogP contribution in [0.3, 0.4) is 0 Å². The Labute approximate surface area is 168 Å². The zero-order valence-electron chi connectivity index (χ0n) is 17.1. The summed E-state index contributed by atoms with van der Waals surface area (Å²) in [4.78, 5) is 7.98. The minimum absolute atomic E-state index is 0.0287. The van der Waals surface area contributed by atoms with Gasteiger partial charge in [-0.15, -0.1) is 0 Å². The Kier molecular flexibility index (Phi) is 5.42. The average molecular weight is 403 g/mol. The number of aryl methyl sites for hydroxylation is 3. The molecular weight excluding hydrogens is 376 g/mol. The molecule has 0 saturated heterocycles. The molecule has 3 heterocycles. The highest BCUT2D eigenvalue weighted by Gasteiger charge is 2.34. The summed E-state index contributed by atoms with van der Waals surface area (Å²) in [5.74, 6) is -1.52. The maximum atomic E-state index is 13.3. The van der Waals surface area contributed by atoms with Gasteiger partial charge in [0.2, 0.25) is 5.92 Å². The van der Waals surface area contributed by atoms with Crippen molar-refractivity contribution in [1.82, 2.24) is 15.1 Å². The van der Waals surface area contributed by atoms with E-state index in [2.05, 4.69) is 28.1 Å². The van der Waals surface area contributed by atoms with Gasteiger partial charge in [-0.2, -0.15) is 0 Å². The Bertz CT molecular complexity index is 980. The topological polar surface area (TPSA) is 63.9 Å². The lowest BCUT2D eigenvalue weighted by molar-refractivity contribution is -0.0569. The molecule has 3 aromatic rings. The van der Waals surface area contributed by atoms with Gasteiger partial charge in [-0.05, 0) is 45.1 Å². The lowest BCUT2D eigenvalue weighted by Crippen LogP contribution is -2.26. The number of rotatable bonds is 6. The van der Waals surface area contributed by atoms with Crippen molar-refractivity contribution in [2.75, 3.05) is 6.61 Å². The van der Waals surface area contributed by atoms with Crippen molar-refractivity contribution in [3.63, 3.8) is 0 Å². The molecule has 4 rings (SSSR count). The molecule has 0 atom stereocenters. The van der Waals surface area contributed by atoms with Crippen LogP contribution in [0.5, 0.6) is 0 Å². The minimum atomic E-state index is -2.50. The maximum absolute atomic E-state index is 13.3. The van der Waals surface area contributed by atoms with Crippen LogP contribution in [0.4, 0.5) is 8.78 Å². The number of aromatic amines is 1. The highest BCUT2D eigenvalue weighted by molar-refractivity contribution is 5.86. The van der Waals surface area contributed by atoms with Gasteiger partial charge in [-0.3, -0.25) is 0 Å². The third kappa shape index (κ3) is 4.06. The van der Waals surface area contributed by atoms with Crippen molar-refractivity contribution in [2.24, 2.45) is 5.92 Å². The number of hydrogen-bond donors (Lipinski definition) is 1. The van der Waals surface area contributed by atoms with Crippen LogP contribution in [-0.4, -0.2) is 27.7 Å². The van der Waals surface area contributed by atoms with Crippen LogP contribution in [0.15, 0.2) is 16.8 Å². The van der Waals surface area contributed by atoms with E-state index in [9.17, 15) is 8.78 Å². The Balaban J connectivity index is 1.54. The maximum Gasteiger partial charge on any atom is 0.248 e. The largest absolute Gasteiger partial charge is 0.376 e. The summed E-state index contributed by atoms with van der Waals surface area (Å²) in [6.45, 7) is 6.87. The summed E-state index contributed by atoms with van der Waals surface area (Å²) >= 11 is 0. The van der Waals surface area contributed by atoms with E-state index in [0.717, 1.165) is 51.3 Å². The van der Waals surface area contributed by atoms with Crippen LogP contribution in [0.2, 0.25) is 0 Å². The SMILES string of the molecule is CCc1[nH]c2ncc(-c3c(C)noc3C)cc2c1COCC1CCC(F)(F)CC1. The van der Waals surface area contributed by atoms with Gasteiger partial charge in [0, 0.05) is 53.4 Å². The molecule has 156 valence electrons. The summed E-state index contributed by atoms with van der Waals surface area (Å²) in [7, 11) is 0. The van der Waals surface area contributed by atoms with Crippen molar-refractivity contribution < 1.29 is 18.0 Å². The van der Waals surface area contributed by atoms with Gasteiger partial charge < -0.3 is 14.2 Å². The Morgan fingerprint density at radius 3 is 2.69 bits per heavy atom. The quantitative estimate of drug-likeness (QED) is 0.570. The minimum Gasteiger partial charge on any atom is -0.376 e.